The maximum Gasteiger partial charge on any atom is 0.336 e. The summed E-state index contributed by atoms with van der Waals surface area (Å²) in [5.74, 6) is 0.442. The van der Waals surface area contributed by atoms with Crippen LogP contribution in [0.4, 0.5) is 5.69 Å². The van der Waals surface area contributed by atoms with Gasteiger partial charge < -0.3 is 14.2 Å². The van der Waals surface area contributed by atoms with Crippen LogP contribution in [0.15, 0.2) is 57.7 Å². The second-order valence-corrected chi connectivity index (χ2v) is 8.33. The van der Waals surface area contributed by atoms with E-state index in [0.717, 1.165) is 48.7 Å². The molecule has 1 fully saturated rings. The van der Waals surface area contributed by atoms with E-state index in [0.29, 0.717) is 11.5 Å². The number of hydrogen-bond donors (Lipinski definition) is 1. The highest BCUT2D eigenvalue weighted by Gasteiger charge is 2.22. The molecular weight excluding hydrogens is 372 g/mol. The van der Waals surface area contributed by atoms with E-state index in [1.807, 2.05) is 24.3 Å². The van der Waals surface area contributed by atoms with Gasteiger partial charge >= 0.3 is 5.63 Å². The molecule has 0 aliphatic carbocycles. The molecule has 4 rings (SSSR count). The first-order chi connectivity index (χ1) is 13.5. The van der Waals surface area contributed by atoms with Crippen LogP contribution in [0.2, 0.25) is 5.02 Å². The lowest BCUT2D eigenvalue weighted by molar-refractivity contribution is -0.914. The molecule has 1 aliphatic rings. The molecule has 0 unspecified atom stereocenters. The summed E-state index contributed by atoms with van der Waals surface area (Å²) in [6.07, 6.45) is 0. The minimum Gasteiger partial charge on any atom is -0.423 e. The number of quaternary nitrogens is 1. The number of nitrogens with zero attached hydrogens (tertiary/aromatic N) is 1. The summed E-state index contributed by atoms with van der Waals surface area (Å²) >= 11 is 6.13. The van der Waals surface area contributed by atoms with Crippen LogP contribution in [0.25, 0.3) is 11.0 Å². The molecule has 0 atom stereocenters. The molecule has 1 aliphatic heterocycles. The minimum absolute atomic E-state index is 0.267. The number of fused-ring (bicyclic) bond motifs is 1. The van der Waals surface area contributed by atoms with Crippen molar-refractivity contribution in [1.82, 2.24) is 0 Å². The molecule has 0 bridgehead atoms. The number of piperazine rings is 1. The Balaban J connectivity index is 1.52. The standard InChI is InChI=1S/C23H25ClN2O2/c1-16(2)17-6-7-22-21(12-17)18(13-23(27)28-22)15-25-8-10-26(11-9-25)20-5-3-4-19(24)14-20/h3-7,12-14,16H,8-11,15H2,1-2H3/p+1. The summed E-state index contributed by atoms with van der Waals surface area (Å²) in [7, 11) is 0. The van der Waals surface area contributed by atoms with Crippen LogP contribution >= 0.6 is 11.6 Å². The van der Waals surface area contributed by atoms with Gasteiger partial charge in [-0.2, -0.15) is 0 Å². The zero-order valence-electron chi connectivity index (χ0n) is 16.4. The Kier molecular flexibility index (Phi) is 5.42. The van der Waals surface area contributed by atoms with Crippen molar-refractivity contribution in [2.75, 3.05) is 31.1 Å². The summed E-state index contributed by atoms with van der Waals surface area (Å²) in [4.78, 5) is 15.9. The summed E-state index contributed by atoms with van der Waals surface area (Å²) in [5, 5.41) is 1.84. The third-order valence-electron chi connectivity index (χ3n) is 5.60. The smallest absolute Gasteiger partial charge is 0.336 e. The molecule has 0 radical (unpaired) electrons. The van der Waals surface area contributed by atoms with Gasteiger partial charge in [0.15, 0.2) is 0 Å². The lowest BCUT2D eigenvalue weighted by Gasteiger charge is -2.33. The van der Waals surface area contributed by atoms with Gasteiger partial charge in [-0.15, -0.1) is 0 Å². The third-order valence-corrected chi connectivity index (χ3v) is 5.84. The highest BCUT2D eigenvalue weighted by molar-refractivity contribution is 6.30. The van der Waals surface area contributed by atoms with E-state index in [4.69, 9.17) is 16.0 Å². The fourth-order valence-electron chi connectivity index (χ4n) is 3.95. The van der Waals surface area contributed by atoms with Crippen LogP contribution in [-0.4, -0.2) is 26.2 Å². The number of anilines is 1. The highest BCUT2D eigenvalue weighted by Crippen LogP contribution is 2.23. The molecule has 28 heavy (non-hydrogen) atoms. The molecule has 1 N–H and O–H groups in total. The van der Waals surface area contributed by atoms with Gasteiger partial charge in [-0.05, 0) is 41.8 Å². The zero-order valence-corrected chi connectivity index (χ0v) is 17.1. The summed E-state index contributed by atoms with van der Waals surface area (Å²) in [6, 6.07) is 15.9. The maximum absolute atomic E-state index is 12.0. The first kappa shape index (κ1) is 19.0. The summed E-state index contributed by atoms with van der Waals surface area (Å²) < 4.78 is 5.43. The molecule has 4 nitrogen and oxygen atoms in total. The molecule has 0 amide bonds. The van der Waals surface area contributed by atoms with E-state index in [2.05, 4.69) is 36.9 Å². The highest BCUT2D eigenvalue weighted by atomic mass is 35.5. The van der Waals surface area contributed by atoms with Crippen molar-refractivity contribution in [1.29, 1.82) is 0 Å². The molecule has 0 spiro atoms. The van der Waals surface area contributed by atoms with Crippen LogP contribution < -0.4 is 15.4 Å². The Labute approximate surface area is 170 Å². The van der Waals surface area contributed by atoms with Crippen molar-refractivity contribution in [3.8, 4) is 0 Å². The van der Waals surface area contributed by atoms with Crippen molar-refractivity contribution in [2.24, 2.45) is 0 Å². The van der Waals surface area contributed by atoms with Crippen LogP contribution in [0.5, 0.6) is 0 Å². The minimum atomic E-state index is -0.267. The molecule has 5 heteroatoms. The number of rotatable bonds is 4. The molecule has 2 heterocycles. The van der Waals surface area contributed by atoms with Crippen molar-refractivity contribution in [2.45, 2.75) is 26.3 Å². The van der Waals surface area contributed by atoms with Crippen LogP contribution in [0.3, 0.4) is 0 Å². The Bertz CT molecular complexity index is 1040. The summed E-state index contributed by atoms with van der Waals surface area (Å²) in [5.41, 5.74) is 3.95. The molecule has 1 aromatic heterocycles. The predicted molar refractivity (Wildman–Crippen MR) is 115 cm³/mol. The van der Waals surface area contributed by atoms with E-state index in [1.165, 1.54) is 16.2 Å². The van der Waals surface area contributed by atoms with Crippen molar-refractivity contribution < 1.29 is 9.32 Å². The van der Waals surface area contributed by atoms with Crippen molar-refractivity contribution >= 4 is 28.3 Å². The zero-order chi connectivity index (χ0) is 19.7. The molecule has 146 valence electrons. The number of halogens is 1. The van der Waals surface area contributed by atoms with Crippen LogP contribution in [0, 0.1) is 0 Å². The molecular formula is C23H26ClN2O2+. The maximum atomic E-state index is 12.0. The van der Waals surface area contributed by atoms with Crippen molar-refractivity contribution in [3.63, 3.8) is 0 Å². The normalized spacial score (nSPS) is 15.5. The van der Waals surface area contributed by atoms with Crippen LogP contribution in [0.1, 0.15) is 30.9 Å². The van der Waals surface area contributed by atoms with E-state index < -0.39 is 0 Å². The number of hydrogen-bond acceptors (Lipinski definition) is 3. The van der Waals surface area contributed by atoms with E-state index in [-0.39, 0.29) is 5.63 Å². The van der Waals surface area contributed by atoms with E-state index >= 15 is 0 Å². The molecule has 1 saturated heterocycles. The van der Waals surface area contributed by atoms with E-state index in [1.54, 1.807) is 6.07 Å². The quantitative estimate of drug-likeness (QED) is 0.685. The predicted octanol–water partition coefficient (Wildman–Crippen LogP) is 3.47. The monoisotopic (exact) mass is 397 g/mol. The lowest BCUT2D eigenvalue weighted by Crippen LogP contribution is -3.13. The van der Waals surface area contributed by atoms with E-state index in [9.17, 15) is 4.79 Å². The SMILES string of the molecule is CC(C)c1ccc2oc(=O)cc(C[NH+]3CCN(c4cccc(Cl)c4)CC3)c2c1. The molecule has 0 saturated carbocycles. The van der Waals surface area contributed by atoms with Gasteiger partial charge in [-0.3, -0.25) is 0 Å². The van der Waals surface area contributed by atoms with Crippen LogP contribution in [-0.2, 0) is 6.54 Å². The lowest BCUT2D eigenvalue weighted by atomic mass is 9.99. The van der Waals surface area contributed by atoms with Gasteiger partial charge in [0.05, 0.1) is 26.2 Å². The second kappa shape index (κ2) is 7.98. The Hall–Kier alpha value is -2.30. The Morgan fingerprint density at radius 1 is 1.11 bits per heavy atom. The fraction of sp³-hybridized carbons (Fsp3) is 0.348. The Morgan fingerprint density at radius 2 is 1.89 bits per heavy atom. The second-order valence-electron chi connectivity index (χ2n) is 7.89. The first-order valence-electron chi connectivity index (χ1n) is 9.90. The largest absolute Gasteiger partial charge is 0.423 e. The molecule has 3 aromatic rings. The number of nitrogens with one attached hydrogen (secondary N) is 1. The van der Waals surface area contributed by atoms with Gasteiger partial charge in [0.1, 0.15) is 12.1 Å². The molecule has 2 aromatic carbocycles. The van der Waals surface area contributed by atoms with Gasteiger partial charge in [0.25, 0.3) is 0 Å². The van der Waals surface area contributed by atoms with Gasteiger partial charge in [-0.1, -0.05) is 37.6 Å². The summed E-state index contributed by atoms with van der Waals surface area (Å²) in [6.45, 7) is 9.21. The number of benzene rings is 2. The van der Waals surface area contributed by atoms with Crippen molar-refractivity contribution in [3.05, 3.63) is 75.1 Å². The van der Waals surface area contributed by atoms with Gasteiger partial charge in [0, 0.05) is 27.7 Å². The first-order valence-corrected chi connectivity index (χ1v) is 10.3. The van der Waals surface area contributed by atoms with Gasteiger partial charge in [-0.25, -0.2) is 4.79 Å². The topological polar surface area (TPSA) is 37.9 Å². The van der Waals surface area contributed by atoms with Gasteiger partial charge in [0.2, 0.25) is 0 Å². The average Bonchev–Trinajstić information content (AvgIpc) is 2.68. The fourth-order valence-corrected chi connectivity index (χ4v) is 4.14. The average molecular weight is 398 g/mol. The Morgan fingerprint density at radius 3 is 2.61 bits per heavy atom. The third kappa shape index (κ3) is 4.08.